The first-order valence-electron chi connectivity index (χ1n) is 11.5. The lowest BCUT2D eigenvalue weighted by molar-refractivity contribution is 0.356. The molecule has 0 spiro atoms. The standard InChI is InChI=1S/C25H23F2N7O2/c1-35-19-11-16-17(12-20(19)36-2)30-24(29-16)22-23(28)32-34-9-7-21(31-25(22)34)33-8-3-4-18(33)14-10-13(26)5-6-15(14)27/h5-7,9-12,18H,3-4,8H2,1-2H3,(H2,28,32)(H,29,30). The number of imidazole rings is 1. The maximum Gasteiger partial charge on any atom is 0.170 e. The normalized spacial score (nSPS) is 15.8. The molecule has 0 aliphatic carbocycles. The molecule has 4 heterocycles. The van der Waals surface area contributed by atoms with Crippen molar-refractivity contribution in [2.75, 3.05) is 31.4 Å². The van der Waals surface area contributed by atoms with Crippen LogP contribution in [0.2, 0.25) is 0 Å². The minimum atomic E-state index is -0.467. The molecule has 1 unspecified atom stereocenters. The molecule has 0 bridgehead atoms. The third-order valence-corrected chi connectivity index (χ3v) is 6.59. The van der Waals surface area contributed by atoms with E-state index >= 15 is 0 Å². The van der Waals surface area contributed by atoms with Crippen molar-refractivity contribution in [3.05, 3.63) is 59.8 Å². The van der Waals surface area contributed by atoms with Gasteiger partial charge in [0.25, 0.3) is 0 Å². The van der Waals surface area contributed by atoms with Crippen LogP contribution in [0.1, 0.15) is 24.4 Å². The molecule has 0 radical (unpaired) electrons. The minimum absolute atomic E-state index is 0.256. The minimum Gasteiger partial charge on any atom is -0.493 e. The summed E-state index contributed by atoms with van der Waals surface area (Å²) in [6.45, 7) is 0.660. The summed E-state index contributed by atoms with van der Waals surface area (Å²) in [4.78, 5) is 14.8. The number of rotatable bonds is 5. The predicted octanol–water partition coefficient (Wildman–Crippen LogP) is 4.49. The Morgan fingerprint density at radius 2 is 1.86 bits per heavy atom. The van der Waals surface area contributed by atoms with Crippen molar-refractivity contribution in [2.24, 2.45) is 0 Å². The van der Waals surface area contributed by atoms with Crippen LogP contribution in [0.3, 0.4) is 0 Å². The number of nitrogens with zero attached hydrogens (tertiary/aromatic N) is 5. The van der Waals surface area contributed by atoms with Crippen molar-refractivity contribution in [3.63, 3.8) is 0 Å². The highest BCUT2D eigenvalue weighted by atomic mass is 19.1. The van der Waals surface area contributed by atoms with E-state index in [0.717, 1.165) is 18.0 Å². The van der Waals surface area contributed by atoms with E-state index < -0.39 is 11.6 Å². The van der Waals surface area contributed by atoms with Crippen molar-refractivity contribution >= 4 is 28.3 Å². The Bertz CT molecular complexity index is 1570. The Morgan fingerprint density at radius 3 is 2.67 bits per heavy atom. The first-order valence-corrected chi connectivity index (χ1v) is 11.5. The highest BCUT2D eigenvalue weighted by Crippen LogP contribution is 2.38. The summed E-state index contributed by atoms with van der Waals surface area (Å²) in [5.41, 5.74) is 9.05. The number of nitrogens with one attached hydrogen (secondary N) is 1. The van der Waals surface area contributed by atoms with Crippen molar-refractivity contribution in [1.82, 2.24) is 24.6 Å². The van der Waals surface area contributed by atoms with Crippen LogP contribution in [0.5, 0.6) is 11.5 Å². The molecule has 1 fully saturated rings. The summed E-state index contributed by atoms with van der Waals surface area (Å²) >= 11 is 0. The number of anilines is 2. The number of fused-ring (bicyclic) bond motifs is 2. The number of methoxy groups -OCH3 is 2. The molecule has 5 aromatic rings. The van der Waals surface area contributed by atoms with E-state index in [1.54, 1.807) is 43.1 Å². The first kappa shape index (κ1) is 22.1. The van der Waals surface area contributed by atoms with Gasteiger partial charge in [-0.15, -0.1) is 5.10 Å². The lowest BCUT2D eigenvalue weighted by Crippen LogP contribution is -2.24. The number of nitrogen functional groups attached to an aromatic ring is 1. The number of nitrogens with two attached hydrogens (primary N) is 1. The Kier molecular flexibility index (Phi) is 5.13. The van der Waals surface area contributed by atoms with Crippen LogP contribution in [0, 0.1) is 11.6 Å². The molecule has 184 valence electrons. The van der Waals surface area contributed by atoms with Gasteiger partial charge in [-0.1, -0.05) is 0 Å². The van der Waals surface area contributed by atoms with E-state index in [0.29, 0.717) is 58.4 Å². The van der Waals surface area contributed by atoms with Crippen LogP contribution in [0.4, 0.5) is 20.4 Å². The lowest BCUT2D eigenvalue weighted by Gasteiger charge is -2.26. The third kappa shape index (κ3) is 3.46. The molecule has 1 atom stereocenters. The summed E-state index contributed by atoms with van der Waals surface area (Å²) in [5.74, 6) is 1.59. The van der Waals surface area contributed by atoms with Gasteiger partial charge in [0.05, 0.1) is 31.3 Å². The molecule has 1 aliphatic rings. The van der Waals surface area contributed by atoms with E-state index in [1.165, 1.54) is 12.1 Å². The maximum absolute atomic E-state index is 14.6. The molecular weight excluding hydrogens is 468 g/mol. The number of H-pyrrole nitrogens is 1. The average molecular weight is 492 g/mol. The molecule has 3 N–H and O–H groups in total. The monoisotopic (exact) mass is 491 g/mol. The van der Waals surface area contributed by atoms with E-state index in [1.807, 2.05) is 4.90 Å². The number of aromatic nitrogens is 5. The fourth-order valence-corrected chi connectivity index (χ4v) is 4.91. The number of halogens is 2. The fourth-order valence-electron chi connectivity index (χ4n) is 4.91. The number of hydrogen-bond acceptors (Lipinski definition) is 7. The zero-order chi connectivity index (χ0) is 25.0. The van der Waals surface area contributed by atoms with Crippen molar-refractivity contribution in [2.45, 2.75) is 18.9 Å². The summed E-state index contributed by atoms with van der Waals surface area (Å²) in [6, 6.07) is 8.60. The third-order valence-electron chi connectivity index (χ3n) is 6.59. The predicted molar refractivity (Wildman–Crippen MR) is 131 cm³/mol. The van der Waals surface area contributed by atoms with Gasteiger partial charge in [0, 0.05) is 30.4 Å². The van der Waals surface area contributed by atoms with Crippen molar-refractivity contribution in [3.8, 4) is 22.9 Å². The molecule has 3 aromatic heterocycles. The summed E-state index contributed by atoms with van der Waals surface area (Å²) in [5, 5.41) is 4.39. The zero-order valence-electron chi connectivity index (χ0n) is 19.6. The molecule has 1 aliphatic heterocycles. The molecule has 0 saturated carbocycles. The smallest absolute Gasteiger partial charge is 0.170 e. The number of aromatic amines is 1. The fraction of sp³-hybridized carbons (Fsp3) is 0.240. The molecule has 9 nitrogen and oxygen atoms in total. The summed E-state index contributed by atoms with van der Waals surface area (Å²) in [7, 11) is 3.13. The van der Waals surface area contributed by atoms with Gasteiger partial charge >= 0.3 is 0 Å². The van der Waals surface area contributed by atoms with Crippen LogP contribution in [0.15, 0.2) is 42.6 Å². The van der Waals surface area contributed by atoms with Crippen LogP contribution in [0.25, 0.3) is 28.1 Å². The molecule has 1 saturated heterocycles. The van der Waals surface area contributed by atoms with Crippen LogP contribution in [-0.4, -0.2) is 45.3 Å². The highest BCUT2D eigenvalue weighted by Gasteiger charge is 2.30. The van der Waals surface area contributed by atoms with Gasteiger partial charge in [-0.05, 0) is 37.1 Å². The largest absolute Gasteiger partial charge is 0.493 e. The van der Waals surface area contributed by atoms with Gasteiger partial charge in [0.2, 0.25) is 0 Å². The van der Waals surface area contributed by atoms with Crippen molar-refractivity contribution < 1.29 is 18.3 Å². The van der Waals surface area contributed by atoms with E-state index in [2.05, 4.69) is 10.1 Å². The van der Waals surface area contributed by atoms with E-state index in [4.69, 9.17) is 25.2 Å². The second kappa shape index (κ2) is 8.36. The average Bonchev–Trinajstić information content (AvgIpc) is 3.59. The molecule has 2 aromatic carbocycles. The van der Waals surface area contributed by atoms with Crippen LogP contribution < -0.4 is 20.1 Å². The Morgan fingerprint density at radius 1 is 1.06 bits per heavy atom. The maximum atomic E-state index is 14.6. The Balaban J connectivity index is 1.45. The molecule has 36 heavy (non-hydrogen) atoms. The van der Waals surface area contributed by atoms with Gasteiger partial charge in [-0.25, -0.2) is 23.3 Å². The quantitative estimate of drug-likeness (QED) is 0.373. The highest BCUT2D eigenvalue weighted by molar-refractivity contribution is 5.89. The van der Waals surface area contributed by atoms with Gasteiger partial charge < -0.3 is 25.1 Å². The van der Waals surface area contributed by atoms with Gasteiger partial charge in [-0.2, -0.15) is 0 Å². The number of ether oxygens (including phenoxy) is 2. The van der Waals surface area contributed by atoms with Crippen LogP contribution in [-0.2, 0) is 0 Å². The Labute approximate surface area is 204 Å². The first-order chi connectivity index (χ1) is 17.5. The van der Waals surface area contributed by atoms with Gasteiger partial charge in [0.1, 0.15) is 28.8 Å². The molecular formula is C25H23F2N7O2. The molecule has 0 amide bonds. The number of benzene rings is 2. The second-order valence-electron chi connectivity index (χ2n) is 8.64. The van der Waals surface area contributed by atoms with Gasteiger partial charge in [-0.3, -0.25) is 0 Å². The van der Waals surface area contributed by atoms with E-state index in [9.17, 15) is 8.78 Å². The van der Waals surface area contributed by atoms with Gasteiger partial charge in [0.15, 0.2) is 23.0 Å². The molecule has 6 rings (SSSR count). The number of hydrogen-bond donors (Lipinski definition) is 2. The topological polar surface area (TPSA) is 107 Å². The van der Waals surface area contributed by atoms with Crippen molar-refractivity contribution in [1.29, 1.82) is 0 Å². The lowest BCUT2D eigenvalue weighted by atomic mass is 10.0. The van der Waals surface area contributed by atoms with E-state index in [-0.39, 0.29) is 11.9 Å². The molecule has 11 heteroatoms. The Hall–Kier alpha value is -4.41. The summed E-state index contributed by atoms with van der Waals surface area (Å²) in [6.07, 6.45) is 3.27. The SMILES string of the molecule is COc1cc2nc(-c3c(N)nn4ccc(N5CCCC5c5cc(F)ccc5F)nc34)[nH]c2cc1OC. The van der Waals surface area contributed by atoms with Crippen LogP contribution >= 0.6 is 0 Å². The zero-order valence-corrected chi connectivity index (χ0v) is 19.6. The summed E-state index contributed by atoms with van der Waals surface area (Å²) < 4.78 is 40.9. The second-order valence-corrected chi connectivity index (χ2v) is 8.64.